The third-order valence-electron chi connectivity index (χ3n) is 4.67. The van der Waals surface area contributed by atoms with Gasteiger partial charge in [-0.15, -0.1) is 0 Å². The van der Waals surface area contributed by atoms with E-state index >= 15 is 0 Å². The molecule has 0 radical (unpaired) electrons. The summed E-state index contributed by atoms with van der Waals surface area (Å²) in [5.41, 5.74) is 2.98. The van der Waals surface area contributed by atoms with E-state index < -0.39 is 12.2 Å². The third kappa shape index (κ3) is 5.91. The largest absolute Gasteiger partial charge is 0.383 e. The number of unbranched alkanes of at least 4 members (excludes halogenated alkanes) is 2. The minimum absolute atomic E-state index is 0.0969. The van der Waals surface area contributed by atoms with Gasteiger partial charge in [0.05, 0.1) is 11.7 Å². The first kappa shape index (κ1) is 20.6. The standard InChI is InChI=1S/C23H30F2O/c1-4-6-7-9-20-10-14-21(15-11-20)18(3)26-23(24,25)22-16-12-19(8-5-2)13-17-22/h10-18H,4-9H2,1-3H3. The van der Waals surface area contributed by atoms with Crippen molar-refractivity contribution in [2.45, 2.75) is 71.5 Å². The summed E-state index contributed by atoms with van der Waals surface area (Å²) in [6.45, 7) is 5.92. The molecule has 0 saturated carbocycles. The summed E-state index contributed by atoms with van der Waals surface area (Å²) in [7, 11) is 0. The van der Waals surface area contributed by atoms with Crippen LogP contribution in [-0.4, -0.2) is 0 Å². The van der Waals surface area contributed by atoms with Crippen LogP contribution in [0.1, 0.15) is 74.8 Å². The van der Waals surface area contributed by atoms with Gasteiger partial charge in [0.15, 0.2) is 0 Å². The van der Waals surface area contributed by atoms with Crippen LogP contribution in [0.5, 0.6) is 0 Å². The van der Waals surface area contributed by atoms with Crippen LogP contribution >= 0.6 is 0 Å². The molecule has 142 valence electrons. The number of aryl methyl sites for hydroxylation is 2. The van der Waals surface area contributed by atoms with E-state index in [-0.39, 0.29) is 5.56 Å². The Kier molecular flexibility index (Phi) is 7.77. The predicted molar refractivity (Wildman–Crippen MR) is 104 cm³/mol. The Morgan fingerprint density at radius 2 is 1.38 bits per heavy atom. The monoisotopic (exact) mass is 360 g/mol. The van der Waals surface area contributed by atoms with E-state index in [0.717, 1.165) is 36.8 Å². The van der Waals surface area contributed by atoms with Crippen LogP contribution in [0, 0.1) is 0 Å². The highest BCUT2D eigenvalue weighted by Crippen LogP contribution is 2.35. The molecule has 0 fully saturated rings. The SMILES string of the molecule is CCCCCc1ccc(C(C)OC(F)(F)c2ccc(CCC)cc2)cc1. The highest BCUT2D eigenvalue weighted by molar-refractivity contribution is 5.26. The van der Waals surface area contributed by atoms with Gasteiger partial charge in [-0.1, -0.05) is 81.6 Å². The van der Waals surface area contributed by atoms with Crippen molar-refractivity contribution >= 4 is 0 Å². The van der Waals surface area contributed by atoms with Gasteiger partial charge in [-0.05, 0) is 42.9 Å². The number of halogens is 2. The van der Waals surface area contributed by atoms with Crippen LogP contribution < -0.4 is 0 Å². The molecule has 0 amide bonds. The summed E-state index contributed by atoms with van der Waals surface area (Å²) in [6.07, 6.45) is 2.51. The van der Waals surface area contributed by atoms with Gasteiger partial charge < -0.3 is 4.74 Å². The van der Waals surface area contributed by atoms with Gasteiger partial charge in [0.25, 0.3) is 0 Å². The number of hydrogen-bond acceptors (Lipinski definition) is 1. The molecule has 0 N–H and O–H groups in total. The second-order valence-corrected chi connectivity index (χ2v) is 6.92. The summed E-state index contributed by atoms with van der Waals surface area (Å²) < 4.78 is 34.1. The molecule has 2 rings (SSSR count). The molecular formula is C23H30F2O. The molecule has 0 aliphatic carbocycles. The van der Waals surface area contributed by atoms with Gasteiger partial charge in [0.2, 0.25) is 0 Å². The van der Waals surface area contributed by atoms with Gasteiger partial charge in [-0.2, -0.15) is 8.78 Å². The minimum atomic E-state index is -3.30. The maximum Gasteiger partial charge on any atom is 0.383 e. The molecule has 1 atom stereocenters. The average Bonchev–Trinajstić information content (AvgIpc) is 2.63. The molecule has 0 aromatic heterocycles. The molecular weight excluding hydrogens is 330 g/mol. The second kappa shape index (κ2) is 9.82. The Hall–Kier alpha value is -1.74. The molecule has 0 bridgehead atoms. The number of alkyl halides is 2. The van der Waals surface area contributed by atoms with Gasteiger partial charge in [-0.3, -0.25) is 0 Å². The molecule has 0 aliphatic rings. The van der Waals surface area contributed by atoms with Crippen molar-refractivity contribution in [1.82, 2.24) is 0 Å². The summed E-state index contributed by atoms with van der Waals surface area (Å²) in [5, 5.41) is 0. The summed E-state index contributed by atoms with van der Waals surface area (Å²) >= 11 is 0. The third-order valence-corrected chi connectivity index (χ3v) is 4.67. The van der Waals surface area contributed by atoms with Crippen LogP contribution in [0.2, 0.25) is 0 Å². The fourth-order valence-electron chi connectivity index (χ4n) is 3.05. The lowest BCUT2D eigenvalue weighted by molar-refractivity contribution is -0.272. The highest BCUT2D eigenvalue weighted by atomic mass is 19.3. The van der Waals surface area contributed by atoms with Crippen LogP contribution in [0.4, 0.5) is 8.78 Å². The van der Waals surface area contributed by atoms with Gasteiger partial charge in [0, 0.05) is 0 Å². The van der Waals surface area contributed by atoms with Crippen molar-refractivity contribution in [1.29, 1.82) is 0 Å². The lowest BCUT2D eigenvalue weighted by Gasteiger charge is -2.22. The Balaban J connectivity index is 1.99. The van der Waals surface area contributed by atoms with Crippen molar-refractivity contribution in [2.24, 2.45) is 0 Å². The zero-order chi connectivity index (χ0) is 19.0. The average molecular weight is 360 g/mol. The zero-order valence-corrected chi connectivity index (χ0v) is 16.1. The number of rotatable bonds is 10. The van der Waals surface area contributed by atoms with Gasteiger partial charge >= 0.3 is 6.11 Å². The van der Waals surface area contributed by atoms with E-state index in [0.29, 0.717) is 0 Å². The number of benzene rings is 2. The molecule has 1 unspecified atom stereocenters. The first-order chi connectivity index (χ1) is 12.5. The van der Waals surface area contributed by atoms with Gasteiger partial charge in [-0.25, -0.2) is 0 Å². The molecule has 2 aromatic carbocycles. The predicted octanol–water partition coefficient (Wildman–Crippen LogP) is 7.20. The van der Waals surface area contributed by atoms with E-state index in [1.807, 2.05) is 24.3 Å². The zero-order valence-electron chi connectivity index (χ0n) is 16.1. The first-order valence-electron chi connectivity index (χ1n) is 9.70. The van der Waals surface area contributed by atoms with E-state index in [4.69, 9.17) is 4.74 Å². The van der Waals surface area contributed by atoms with E-state index in [2.05, 4.69) is 13.8 Å². The Morgan fingerprint density at radius 1 is 0.808 bits per heavy atom. The van der Waals surface area contributed by atoms with Crippen molar-refractivity contribution < 1.29 is 13.5 Å². The summed E-state index contributed by atoms with van der Waals surface area (Å²) in [6, 6.07) is 14.3. The van der Waals surface area contributed by atoms with Crippen LogP contribution in [-0.2, 0) is 23.7 Å². The van der Waals surface area contributed by atoms with Crippen LogP contribution in [0.3, 0.4) is 0 Å². The molecule has 3 heteroatoms. The fourth-order valence-corrected chi connectivity index (χ4v) is 3.05. The molecule has 2 aromatic rings. The van der Waals surface area contributed by atoms with Crippen LogP contribution in [0.25, 0.3) is 0 Å². The molecule has 26 heavy (non-hydrogen) atoms. The van der Waals surface area contributed by atoms with Crippen molar-refractivity contribution in [2.75, 3.05) is 0 Å². The van der Waals surface area contributed by atoms with Crippen molar-refractivity contribution in [3.63, 3.8) is 0 Å². The number of ether oxygens (including phenoxy) is 1. The molecule has 1 nitrogen and oxygen atoms in total. The Bertz CT molecular complexity index is 647. The lowest BCUT2D eigenvalue weighted by Crippen LogP contribution is -2.20. The maximum atomic E-state index is 14.5. The van der Waals surface area contributed by atoms with Crippen LogP contribution in [0.15, 0.2) is 48.5 Å². The second-order valence-electron chi connectivity index (χ2n) is 6.92. The van der Waals surface area contributed by atoms with E-state index in [1.54, 1.807) is 19.1 Å². The van der Waals surface area contributed by atoms with E-state index in [9.17, 15) is 8.78 Å². The molecule has 0 aliphatic heterocycles. The summed E-state index contributed by atoms with van der Waals surface area (Å²) in [4.78, 5) is 0. The molecule has 0 saturated heterocycles. The lowest BCUT2D eigenvalue weighted by atomic mass is 10.0. The Morgan fingerprint density at radius 3 is 1.96 bits per heavy atom. The smallest absolute Gasteiger partial charge is 0.309 e. The quantitative estimate of drug-likeness (QED) is 0.407. The first-order valence-corrected chi connectivity index (χ1v) is 9.70. The maximum absolute atomic E-state index is 14.5. The molecule has 0 spiro atoms. The van der Waals surface area contributed by atoms with Gasteiger partial charge in [0.1, 0.15) is 0 Å². The molecule has 0 heterocycles. The minimum Gasteiger partial charge on any atom is -0.309 e. The Labute approximate surface area is 156 Å². The number of hydrogen-bond donors (Lipinski definition) is 0. The van der Waals surface area contributed by atoms with E-state index in [1.165, 1.54) is 30.5 Å². The highest BCUT2D eigenvalue weighted by Gasteiger charge is 2.35. The van der Waals surface area contributed by atoms with Crippen molar-refractivity contribution in [3.05, 3.63) is 70.8 Å². The normalized spacial score (nSPS) is 13.0. The van der Waals surface area contributed by atoms with Crippen molar-refractivity contribution in [3.8, 4) is 0 Å². The summed E-state index contributed by atoms with van der Waals surface area (Å²) in [5.74, 6) is 0. The topological polar surface area (TPSA) is 9.23 Å². The fraction of sp³-hybridized carbons (Fsp3) is 0.478.